The van der Waals surface area contributed by atoms with Gasteiger partial charge in [-0.15, -0.1) is 0 Å². The van der Waals surface area contributed by atoms with Crippen molar-refractivity contribution in [2.24, 2.45) is 0 Å². The van der Waals surface area contributed by atoms with Crippen LogP contribution in [-0.2, 0) is 2.91 Å². The van der Waals surface area contributed by atoms with Crippen molar-refractivity contribution in [1.29, 1.82) is 0 Å². The molecule has 0 aliphatic carbocycles. The molecule has 0 amide bonds. The Morgan fingerprint density at radius 3 is 1.33 bits per heavy atom. The molecule has 0 atom stereocenters. The minimum absolute atomic E-state index is 0. The molecule has 8 N–H and O–H groups in total. The third kappa shape index (κ3) is 75.2. The van der Waals surface area contributed by atoms with Gasteiger partial charge in [0.05, 0.1) is 0 Å². The van der Waals surface area contributed by atoms with E-state index in [2.05, 4.69) is 2.91 Å². The summed E-state index contributed by atoms with van der Waals surface area (Å²) in [7, 11) is 0. The maximum absolute atomic E-state index is 8.98. The van der Waals surface area contributed by atoms with Gasteiger partial charge in [0.2, 0.25) is 0 Å². The van der Waals surface area contributed by atoms with Gasteiger partial charge in [-0.25, -0.2) is 0 Å². The molecule has 9 heteroatoms. The molecule has 0 fully saturated rings. The Kier molecular flexibility index (Phi) is 99.8. The van der Waals surface area contributed by atoms with Gasteiger partial charge in [-0.05, 0) is 0 Å². The number of rotatable bonds is 1. The fraction of sp³-hybridized carbons (Fsp3) is 0. The molecule has 9 heavy (non-hydrogen) atoms. The predicted octanol–water partition coefficient (Wildman–Crippen LogP) is -4.02. The van der Waals surface area contributed by atoms with Gasteiger partial charge in [-0.1, -0.05) is 0 Å². The fourth-order valence-electron chi connectivity index (χ4n) is 0. The van der Waals surface area contributed by atoms with Crippen LogP contribution in [0.25, 0.3) is 0 Å². The van der Waals surface area contributed by atoms with Gasteiger partial charge in [-0.2, -0.15) is 0 Å². The van der Waals surface area contributed by atoms with E-state index in [4.69, 9.17) is 10.1 Å². The van der Waals surface area contributed by atoms with E-state index in [1.165, 1.54) is 0 Å². The van der Waals surface area contributed by atoms with Crippen LogP contribution in [-0.4, -0.2) is 52.2 Å². The monoisotopic (exact) mass is 343 g/mol. The average molecular weight is 343 g/mol. The summed E-state index contributed by atoms with van der Waals surface area (Å²) in [6.45, 7) is 0. The molecule has 0 unspecified atom stereocenters. The predicted molar refractivity (Wildman–Crippen MR) is 28.3 cm³/mol. The Bertz CT molecular complexity index is 44.2. The summed E-state index contributed by atoms with van der Waals surface area (Å²) in [5.41, 5.74) is 0. The Balaban J connectivity index is -0.0000000133. The van der Waals surface area contributed by atoms with E-state index in [9.17, 15) is 0 Å². The normalized spacial score (nSPS) is 3.67. The average Bonchev–Trinajstić information content (AvgIpc) is 1.38. The molecule has 0 aliphatic heterocycles. The molecule has 0 rings (SSSR count). The van der Waals surface area contributed by atoms with E-state index in [1.54, 1.807) is 0 Å². The topological polar surface area (TPSA) is 178 Å². The summed E-state index contributed by atoms with van der Waals surface area (Å²) >= 11 is 0.340. The summed E-state index contributed by atoms with van der Waals surface area (Å²) in [4.78, 5) is 8.98. The van der Waals surface area contributed by atoms with E-state index in [0.29, 0.717) is 25.2 Å². The minimum atomic E-state index is -0.826. The molecule has 0 aliphatic rings. The van der Waals surface area contributed by atoms with Crippen LogP contribution in [0, 0.1) is 10.1 Å². The third-order valence-electron chi connectivity index (χ3n) is 0.0667. The molecule has 60 valence electrons. The van der Waals surface area contributed by atoms with Crippen molar-refractivity contribution in [3.8, 4) is 0 Å². The Hall–Kier alpha value is -0.0769. The van der Waals surface area contributed by atoms with Gasteiger partial charge >= 0.3 is 43.3 Å². The van der Waals surface area contributed by atoms with E-state index in [1.807, 2.05) is 0 Å². The molecular formula is H8BiNO7. The molecule has 0 bridgehead atoms. The van der Waals surface area contributed by atoms with E-state index in [-0.39, 0.29) is 21.9 Å². The van der Waals surface area contributed by atoms with Gasteiger partial charge in [0.25, 0.3) is 0 Å². The zero-order chi connectivity index (χ0) is 4.28. The molecule has 2 radical (unpaired) electrons. The second kappa shape index (κ2) is 24.7. The first-order valence-corrected chi connectivity index (χ1v) is 2.15. The fourth-order valence-corrected chi connectivity index (χ4v) is 0. The van der Waals surface area contributed by atoms with Gasteiger partial charge < -0.3 is 21.9 Å². The van der Waals surface area contributed by atoms with Crippen molar-refractivity contribution in [2.45, 2.75) is 0 Å². The molecular weight excluding hydrogens is 335 g/mol. The van der Waals surface area contributed by atoms with Crippen molar-refractivity contribution >= 4 is 25.2 Å². The first-order valence-electron chi connectivity index (χ1n) is 0.730. The zero-order valence-corrected chi connectivity index (χ0v) is 7.60. The Morgan fingerprint density at radius 2 is 1.33 bits per heavy atom. The second-order valence-corrected chi connectivity index (χ2v) is 0.940. The van der Waals surface area contributed by atoms with Crippen molar-refractivity contribution in [3.63, 3.8) is 0 Å². The van der Waals surface area contributed by atoms with Crippen LogP contribution in [0.4, 0.5) is 0 Å². The first-order chi connectivity index (χ1) is 2.27. The van der Waals surface area contributed by atoms with Crippen LogP contribution in [0.2, 0.25) is 0 Å². The van der Waals surface area contributed by atoms with E-state index in [0.717, 1.165) is 0 Å². The molecule has 0 aromatic carbocycles. The van der Waals surface area contributed by atoms with Crippen LogP contribution < -0.4 is 0 Å². The summed E-state index contributed by atoms with van der Waals surface area (Å²) < 4.78 is 3.58. The summed E-state index contributed by atoms with van der Waals surface area (Å²) in [5, 5.41) is 8.15. The Labute approximate surface area is 65.6 Å². The molecule has 0 saturated carbocycles. The molecule has 0 spiro atoms. The van der Waals surface area contributed by atoms with E-state index >= 15 is 0 Å². The van der Waals surface area contributed by atoms with Gasteiger partial charge in [-0.3, -0.25) is 0 Å². The van der Waals surface area contributed by atoms with Crippen LogP contribution in [0.1, 0.15) is 0 Å². The van der Waals surface area contributed by atoms with E-state index < -0.39 is 5.09 Å². The van der Waals surface area contributed by atoms with Crippen molar-refractivity contribution < 1.29 is 29.9 Å². The van der Waals surface area contributed by atoms with Crippen LogP contribution >= 0.6 is 0 Å². The number of hydrogen-bond acceptors (Lipinski definition) is 3. The summed E-state index contributed by atoms with van der Waals surface area (Å²) in [6, 6.07) is 0. The SMILES string of the molecule is O.O.O.O.O=[N+]([O-])[O][Bi]. The molecule has 0 aromatic rings. The third-order valence-corrected chi connectivity index (χ3v) is 0.585. The molecule has 0 saturated heterocycles. The maximum atomic E-state index is 8.98. The number of hydrogen-bond donors (Lipinski definition) is 0. The first kappa shape index (κ1) is 36.4. The molecule has 0 aromatic heterocycles. The van der Waals surface area contributed by atoms with Crippen molar-refractivity contribution in [1.82, 2.24) is 0 Å². The van der Waals surface area contributed by atoms with Crippen molar-refractivity contribution in [3.05, 3.63) is 10.1 Å². The standard InChI is InChI=1S/Bi.NO3.4H2O/c;2-1(3)4;;;;/h;;4*1H2/q+1;-1;;;;. The van der Waals surface area contributed by atoms with Crippen LogP contribution in [0.15, 0.2) is 0 Å². The zero-order valence-electron chi connectivity index (χ0n) is 4.12. The number of nitrogens with zero attached hydrogens (tertiary/aromatic N) is 1. The van der Waals surface area contributed by atoms with Crippen molar-refractivity contribution in [2.75, 3.05) is 0 Å². The van der Waals surface area contributed by atoms with Crippen LogP contribution in [0.5, 0.6) is 0 Å². The molecule has 0 heterocycles. The summed E-state index contributed by atoms with van der Waals surface area (Å²) in [6.07, 6.45) is 0. The van der Waals surface area contributed by atoms with Crippen LogP contribution in [0.3, 0.4) is 0 Å². The summed E-state index contributed by atoms with van der Waals surface area (Å²) in [5.74, 6) is 0. The quantitative estimate of drug-likeness (QED) is 0.268. The molecule has 8 nitrogen and oxygen atoms in total. The van der Waals surface area contributed by atoms with Gasteiger partial charge in [0.15, 0.2) is 0 Å². The second-order valence-electron chi connectivity index (χ2n) is 0.305. The van der Waals surface area contributed by atoms with Gasteiger partial charge in [0.1, 0.15) is 0 Å². The van der Waals surface area contributed by atoms with Gasteiger partial charge in [0, 0.05) is 0 Å². The Morgan fingerprint density at radius 1 is 1.22 bits per heavy atom.